The molecule has 0 saturated carbocycles. The van der Waals surface area contributed by atoms with Crippen LogP contribution in [-0.4, -0.2) is 73.5 Å². The minimum atomic E-state index is -2.95. The average Bonchev–Trinajstić information content (AvgIpc) is 3.84. The van der Waals surface area contributed by atoms with Crippen LogP contribution in [0, 0.1) is 17.8 Å². The van der Waals surface area contributed by atoms with Gasteiger partial charge in [0, 0.05) is 31.6 Å². The quantitative estimate of drug-likeness (QED) is 0.0549. The van der Waals surface area contributed by atoms with E-state index in [1.165, 1.54) is 15.9 Å². The van der Waals surface area contributed by atoms with E-state index in [2.05, 4.69) is 129 Å². The number of imide groups is 1. The first-order valence-corrected chi connectivity index (χ1v) is 25.3. The third kappa shape index (κ3) is 8.71. The van der Waals surface area contributed by atoms with Crippen LogP contribution in [0.2, 0.25) is 10.1 Å². The van der Waals surface area contributed by atoms with Crippen molar-refractivity contribution in [3.05, 3.63) is 172 Å². The summed E-state index contributed by atoms with van der Waals surface area (Å²) in [7, 11) is -2.95. The lowest BCUT2D eigenvalue weighted by molar-refractivity contribution is -0.144. The van der Waals surface area contributed by atoms with Crippen molar-refractivity contribution in [3.63, 3.8) is 0 Å². The van der Waals surface area contributed by atoms with Crippen LogP contribution >= 0.6 is 11.6 Å². The summed E-state index contributed by atoms with van der Waals surface area (Å²) in [4.78, 5) is 33.8. The molecule has 64 heavy (non-hydrogen) atoms. The van der Waals surface area contributed by atoms with E-state index in [1.807, 2.05) is 30.3 Å². The number of nitrogens with zero attached hydrogens (tertiary/aromatic N) is 2. The van der Waals surface area contributed by atoms with Gasteiger partial charge in [-0.1, -0.05) is 154 Å². The third-order valence-corrected chi connectivity index (χ3v) is 19.5. The summed E-state index contributed by atoms with van der Waals surface area (Å²) in [5.74, 6) is -1.04. The lowest BCUT2D eigenvalue weighted by atomic mass is 9.69. The van der Waals surface area contributed by atoms with E-state index in [9.17, 15) is 14.7 Å². The second-order valence-corrected chi connectivity index (χ2v) is 23.8. The zero-order chi connectivity index (χ0) is 44.4. The van der Waals surface area contributed by atoms with Crippen LogP contribution in [0.3, 0.4) is 0 Å². The molecule has 9 rings (SSSR count). The highest BCUT2D eigenvalue weighted by atomic mass is 35.5. The zero-order valence-corrected chi connectivity index (χ0v) is 38.9. The minimum Gasteiger partial charge on any atom is -0.508 e. The Morgan fingerprint density at radius 3 is 2.03 bits per heavy atom. The van der Waals surface area contributed by atoms with Gasteiger partial charge in [-0.3, -0.25) is 19.4 Å². The summed E-state index contributed by atoms with van der Waals surface area (Å²) in [5.41, 5.74) is 6.53. The number of ether oxygens (including phenoxy) is 1. The smallest absolute Gasteiger partial charge is 0.261 e. The lowest BCUT2D eigenvalue weighted by Crippen LogP contribution is -2.66. The molecular formula is C55H59ClN2O5Si. The van der Waals surface area contributed by atoms with Crippen LogP contribution in [0.1, 0.15) is 69.6 Å². The molecule has 3 saturated heterocycles. The molecule has 1 N–H and O–H groups in total. The SMILES string of the molecule is CC(C)(C)[Si](OCC1=C2[C@@H](CC/C(=C/c3ccc(O)cc3Cl)c3ccccc3)OC[C@@H]2[C@@H]2C(=O)N(C3CCN(Cc4ccccc4)CC3)C(=O)[C@@H]2C1)(c1ccccc1)c1ccccc1. The first kappa shape index (κ1) is 44.1. The van der Waals surface area contributed by atoms with Gasteiger partial charge in [0.25, 0.3) is 8.32 Å². The fourth-order valence-corrected chi connectivity index (χ4v) is 16.0. The topological polar surface area (TPSA) is 79.3 Å². The molecule has 3 heterocycles. The molecule has 5 aromatic rings. The molecule has 2 amide bonds. The van der Waals surface area contributed by atoms with Gasteiger partial charge in [-0.05, 0) is 105 Å². The second kappa shape index (κ2) is 18.8. The van der Waals surface area contributed by atoms with Crippen LogP contribution in [0.15, 0.2) is 151 Å². The van der Waals surface area contributed by atoms with Crippen molar-refractivity contribution >= 4 is 53.8 Å². The standard InChI is InChI=1S/C55H59ClN2O5Si/c1-55(2,3)64(45-20-12-6-13-21-45,46-22-14-7-15-23-46)63-36-42-33-47-52(54(61)58(53(47)60)43-28-30-57(31-29-43)35-38-16-8-4-9-17-38)48-37-62-50(51(42)48)27-25-40(39-18-10-5-11-19-39)32-41-24-26-44(59)34-49(41)56/h4-24,26,32,34,43,47-48,50,52,59H,25,27-31,33,35-37H2,1-3H3/b40-32-/t47-,48+,50-,52-/m1/s1. The number of likely N-dealkylation sites (tertiary alicyclic amines) is 2. The van der Waals surface area contributed by atoms with Crippen LogP contribution in [0.25, 0.3) is 11.6 Å². The highest BCUT2D eigenvalue weighted by molar-refractivity contribution is 6.99. The number of hydrogen-bond acceptors (Lipinski definition) is 6. The molecule has 330 valence electrons. The molecule has 0 spiro atoms. The van der Waals surface area contributed by atoms with Crippen molar-refractivity contribution in [2.45, 2.75) is 76.6 Å². The van der Waals surface area contributed by atoms with Crippen molar-refractivity contribution < 1.29 is 23.9 Å². The highest BCUT2D eigenvalue weighted by Gasteiger charge is 2.59. The Bertz CT molecular complexity index is 2460. The first-order chi connectivity index (χ1) is 31.0. The molecule has 4 aliphatic rings. The predicted molar refractivity (Wildman–Crippen MR) is 259 cm³/mol. The Kier molecular flexibility index (Phi) is 13.0. The number of benzene rings is 5. The maximum Gasteiger partial charge on any atom is 0.261 e. The minimum absolute atomic E-state index is 0.0259. The fraction of sp³-hybridized carbons (Fsp3) is 0.345. The molecule has 4 atom stereocenters. The summed E-state index contributed by atoms with van der Waals surface area (Å²) >= 11 is 6.66. The molecule has 5 aromatic carbocycles. The number of amides is 2. The number of rotatable bonds is 13. The van der Waals surface area contributed by atoms with E-state index >= 15 is 0 Å². The lowest BCUT2D eigenvalue weighted by Gasteiger charge is -2.44. The molecule has 0 bridgehead atoms. The van der Waals surface area contributed by atoms with Gasteiger partial charge < -0.3 is 14.3 Å². The maximum atomic E-state index is 14.9. The largest absolute Gasteiger partial charge is 0.508 e. The van der Waals surface area contributed by atoms with Crippen molar-refractivity contribution in [2.24, 2.45) is 17.8 Å². The van der Waals surface area contributed by atoms with Crippen molar-refractivity contribution in [3.8, 4) is 5.75 Å². The Morgan fingerprint density at radius 2 is 1.42 bits per heavy atom. The Morgan fingerprint density at radius 1 is 0.812 bits per heavy atom. The normalized spacial score (nSPS) is 22.2. The van der Waals surface area contributed by atoms with E-state index in [-0.39, 0.29) is 40.7 Å². The van der Waals surface area contributed by atoms with E-state index in [0.717, 1.165) is 60.3 Å². The Labute approximate surface area is 384 Å². The van der Waals surface area contributed by atoms with Crippen molar-refractivity contribution in [1.82, 2.24) is 9.80 Å². The van der Waals surface area contributed by atoms with Crippen molar-refractivity contribution in [1.29, 1.82) is 0 Å². The molecule has 0 aromatic heterocycles. The predicted octanol–water partition coefficient (Wildman–Crippen LogP) is 9.92. The molecule has 0 radical (unpaired) electrons. The van der Waals surface area contributed by atoms with Crippen LogP contribution < -0.4 is 10.4 Å². The number of carbonyl (C=O) groups is 2. The molecular weight excluding hydrogens is 832 g/mol. The number of piperidine rings is 1. The van der Waals surface area contributed by atoms with Gasteiger partial charge in [0.1, 0.15) is 5.75 Å². The van der Waals surface area contributed by atoms with E-state index in [0.29, 0.717) is 37.5 Å². The number of hydrogen-bond donors (Lipinski definition) is 1. The van der Waals surface area contributed by atoms with Crippen LogP contribution in [-0.2, 0) is 25.3 Å². The molecule has 7 nitrogen and oxygen atoms in total. The zero-order valence-electron chi connectivity index (χ0n) is 37.2. The van der Waals surface area contributed by atoms with Crippen LogP contribution in [0.5, 0.6) is 5.75 Å². The summed E-state index contributed by atoms with van der Waals surface area (Å²) < 4.78 is 14.5. The number of phenols is 1. The number of carbonyl (C=O) groups excluding carboxylic acids is 2. The Hall–Kier alpha value is -5.09. The molecule has 3 aliphatic heterocycles. The first-order valence-electron chi connectivity index (χ1n) is 23.0. The number of fused-ring (bicyclic) bond motifs is 3. The number of allylic oxidation sites excluding steroid dienone is 1. The number of aromatic hydroxyl groups is 1. The van der Waals surface area contributed by atoms with Crippen LogP contribution in [0.4, 0.5) is 0 Å². The van der Waals surface area contributed by atoms with Gasteiger partial charge in [-0.15, -0.1) is 0 Å². The van der Waals surface area contributed by atoms with Crippen molar-refractivity contribution in [2.75, 3.05) is 26.3 Å². The van der Waals surface area contributed by atoms with E-state index in [4.69, 9.17) is 20.8 Å². The van der Waals surface area contributed by atoms with Gasteiger partial charge in [0.15, 0.2) is 0 Å². The summed E-state index contributed by atoms with van der Waals surface area (Å²) in [5, 5.41) is 12.7. The van der Waals surface area contributed by atoms with Gasteiger partial charge in [-0.25, -0.2) is 0 Å². The fourth-order valence-electron chi connectivity index (χ4n) is 11.2. The van der Waals surface area contributed by atoms with E-state index in [1.54, 1.807) is 17.0 Å². The third-order valence-electron chi connectivity index (χ3n) is 14.2. The summed E-state index contributed by atoms with van der Waals surface area (Å²) in [6.07, 6.45) is 5.23. The summed E-state index contributed by atoms with van der Waals surface area (Å²) in [6.45, 7) is 10.2. The monoisotopic (exact) mass is 890 g/mol. The highest BCUT2D eigenvalue weighted by Crippen LogP contribution is 2.51. The Balaban J connectivity index is 1.05. The van der Waals surface area contributed by atoms with Gasteiger partial charge >= 0.3 is 0 Å². The second-order valence-electron chi connectivity index (χ2n) is 19.1. The van der Waals surface area contributed by atoms with Gasteiger partial charge in [-0.2, -0.15) is 0 Å². The molecule has 9 heteroatoms. The summed E-state index contributed by atoms with van der Waals surface area (Å²) in [6, 6.07) is 47.1. The van der Waals surface area contributed by atoms with Gasteiger partial charge in [0.05, 0.1) is 36.2 Å². The molecule has 0 unspecified atom stereocenters. The number of phenolic OH excluding ortho intramolecular Hbond substituents is 1. The van der Waals surface area contributed by atoms with Gasteiger partial charge in [0.2, 0.25) is 11.8 Å². The maximum absolute atomic E-state index is 14.9. The average molecular weight is 892 g/mol. The number of halogens is 1. The van der Waals surface area contributed by atoms with E-state index < -0.39 is 20.2 Å². The molecule has 3 fully saturated rings. The molecule has 1 aliphatic carbocycles.